The number of ether oxygens (including phenoxy) is 1. The molecule has 0 spiro atoms. The van der Waals surface area contributed by atoms with E-state index in [9.17, 15) is 9.59 Å². The first kappa shape index (κ1) is 8.46. The monoisotopic (exact) mass is 163 g/mol. The Bertz CT molecular complexity index is 305. The first-order valence-electron chi connectivity index (χ1n) is 3.28. The van der Waals surface area contributed by atoms with Crippen LogP contribution in [0.25, 0.3) is 0 Å². The van der Waals surface area contributed by atoms with Gasteiger partial charge in [-0.3, -0.25) is 9.59 Å². The van der Waals surface area contributed by atoms with Crippen LogP contribution in [0.3, 0.4) is 0 Å². The average Bonchev–Trinajstić information content (AvgIpc) is 2.16. The molecule has 1 aromatic carbocycles. The summed E-state index contributed by atoms with van der Waals surface area (Å²) in [6, 6.07) is 4.51. The summed E-state index contributed by atoms with van der Waals surface area (Å²) >= 11 is 0. The van der Waals surface area contributed by atoms with E-state index in [-0.39, 0.29) is 0 Å². The van der Waals surface area contributed by atoms with Crippen molar-refractivity contribution in [1.29, 1.82) is 0 Å². The van der Waals surface area contributed by atoms with Crippen LogP contribution in [0.4, 0.5) is 0 Å². The van der Waals surface area contributed by atoms with Gasteiger partial charge in [-0.25, -0.2) is 0 Å². The van der Waals surface area contributed by atoms with Crippen molar-refractivity contribution in [2.24, 2.45) is 0 Å². The molecule has 0 saturated carbocycles. The lowest BCUT2D eigenvalue weighted by atomic mass is 10.1. The molecular formula is C9H7O3. The maximum atomic E-state index is 10.4. The van der Waals surface area contributed by atoms with E-state index in [1.165, 1.54) is 12.1 Å². The molecule has 12 heavy (non-hydrogen) atoms. The fraction of sp³-hybridized carbons (Fsp3) is 0. The molecule has 1 rings (SSSR count). The highest BCUT2D eigenvalue weighted by atomic mass is 16.5. The molecule has 1 radical (unpaired) electrons. The Labute approximate surface area is 70.0 Å². The molecule has 61 valence electrons. The first-order chi connectivity index (χ1) is 5.81. The van der Waals surface area contributed by atoms with Crippen LogP contribution in [0.2, 0.25) is 0 Å². The van der Waals surface area contributed by atoms with Gasteiger partial charge in [-0.15, -0.1) is 0 Å². The van der Waals surface area contributed by atoms with E-state index in [1.807, 2.05) is 0 Å². The van der Waals surface area contributed by atoms with Gasteiger partial charge in [0.15, 0.2) is 6.29 Å². The largest absolute Gasteiger partial charge is 0.489 e. The highest BCUT2D eigenvalue weighted by Crippen LogP contribution is 2.17. The number of hydrogen-bond donors (Lipinski definition) is 0. The van der Waals surface area contributed by atoms with E-state index in [1.54, 1.807) is 6.07 Å². The first-order valence-corrected chi connectivity index (χ1v) is 3.28. The Morgan fingerprint density at radius 1 is 1.25 bits per heavy atom. The van der Waals surface area contributed by atoms with Gasteiger partial charge in [-0.2, -0.15) is 0 Å². The Morgan fingerprint density at radius 3 is 2.50 bits per heavy atom. The molecule has 0 atom stereocenters. The predicted octanol–water partition coefficient (Wildman–Crippen LogP) is 1.48. The van der Waals surface area contributed by atoms with Gasteiger partial charge < -0.3 is 4.74 Å². The van der Waals surface area contributed by atoms with Gasteiger partial charge in [-0.05, 0) is 12.1 Å². The molecule has 0 heterocycles. The van der Waals surface area contributed by atoms with Gasteiger partial charge in [0.2, 0.25) is 0 Å². The second-order valence-corrected chi connectivity index (χ2v) is 2.18. The summed E-state index contributed by atoms with van der Waals surface area (Å²) in [6.07, 6.45) is 1.33. The number of rotatable bonds is 3. The van der Waals surface area contributed by atoms with Crippen molar-refractivity contribution in [3.05, 3.63) is 36.4 Å². The average molecular weight is 163 g/mol. The topological polar surface area (TPSA) is 43.4 Å². The summed E-state index contributed by atoms with van der Waals surface area (Å²) in [5.74, 6) is 0.314. The lowest BCUT2D eigenvalue weighted by Gasteiger charge is -2.02. The molecule has 0 N–H and O–H groups in total. The number of carbonyl (C=O) groups is 2. The predicted molar refractivity (Wildman–Crippen MR) is 43.2 cm³/mol. The van der Waals surface area contributed by atoms with E-state index in [4.69, 9.17) is 0 Å². The van der Waals surface area contributed by atoms with Gasteiger partial charge in [0.1, 0.15) is 19.1 Å². The fourth-order valence-corrected chi connectivity index (χ4v) is 0.847. The SMILES string of the molecule is [CH2]Oc1cc(C=O)ccc1C=O. The molecule has 0 aliphatic carbocycles. The maximum absolute atomic E-state index is 10.4. The third-order valence-corrected chi connectivity index (χ3v) is 1.46. The standard InChI is InChI=1S/C9H7O3/c1-12-9-4-7(5-10)2-3-8(9)6-11/h2-6H,1H2. The van der Waals surface area contributed by atoms with E-state index >= 15 is 0 Å². The fourth-order valence-electron chi connectivity index (χ4n) is 0.847. The number of hydrogen-bond acceptors (Lipinski definition) is 3. The number of aldehydes is 2. The molecule has 0 aromatic heterocycles. The zero-order valence-corrected chi connectivity index (χ0v) is 6.32. The van der Waals surface area contributed by atoms with Gasteiger partial charge in [0.05, 0.1) is 5.56 Å². The zero-order valence-electron chi connectivity index (χ0n) is 6.32. The Kier molecular flexibility index (Phi) is 2.58. The molecule has 3 heteroatoms. The van der Waals surface area contributed by atoms with Crippen LogP contribution in [0.5, 0.6) is 5.75 Å². The molecule has 0 saturated heterocycles. The zero-order chi connectivity index (χ0) is 8.97. The van der Waals surface area contributed by atoms with Crippen LogP contribution in [-0.2, 0) is 0 Å². The van der Waals surface area contributed by atoms with Gasteiger partial charge in [0, 0.05) is 5.56 Å². The van der Waals surface area contributed by atoms with E-state index in [0.29, 0.717) is 29.4 Å². The second-order valence-electron chi connectivity index (χ2n) is 2.18. The highest BCUT2D eigenvalue weighted by molar-refractivity contribution is 5.83. The Morgan fingerprint density at radius 2 is 2.00 bits per heavy atom. The quantitative estimate of drug-likeness (QED) is 0.634. The molecule has 0 amide bonds. The third kappa shape index (κ3) is 1.50. The normalized spacial score (nSPS) is 9.08. The van der Waals surface area contributed by atoms with Crippen molar-refractivity contribution in [1.82, 2.24) is 0 Å². The van der Waals surface area contributed by atoms with Crippen molar-refractivity contribution in [3.8, 4) is 5.75 Å². The van der Waals surface area contributed by atoms with Crippen molar-refractivity contribution in [3.63, 3.8) is 0 Å². The molecule has 1 aromatic rings. The van der Waals surface area contributed by atoms with Gasteiger partial charge in [0.25, 0.3) is 0 Å². The molecule has 3 nitrogen and oxygen atoms in total. The molecule has 0 aliphatic rings. The van der Waals surface area contributed by atoms with Gasteiger partial charge in [-0.1, -0.05) is 6.07 Å². The van der Waals surface area contributed by atoms with Gasteiger partial charge >= 0.3 is 0 Å². The minimum atomic E-state index is 0.314. The van der Waals surface area contributed by atoms with E-state index in [2.05, 4.69) is 11.8 Å². The van der Waals surface area contributed by atoms with Crippen molar-refractivity contribution < 1.29 is 14.3 Å². The molecule has 0 fully saturated rings. The summed E-state index contributed by atoms with van der Waals surface area (Å²) in [6.45, 7) is 0. The van der Waals surface area contributed by atoms with Crippen LogP contribution in [0, 0.1) is 7.11 Å². The van der Waals surface area contributed by atoms with Crippen LogP contribution in [0.1, 0.15) is 20.7 Å². The summed E-state index contributed by atoms with van der Waals surface area (Å²) in [4.78, 5) is 20.7. The maximum Gasteiger partial charge on any atom is 0.153 e. The smallest absolute Gasteiger partial charge is 0.153 e. The molecule has 0 aliphatic heterocycles. The second kappa shape index (κ2) is 3.67. The summed E-state index contributed by atoms with van der Waals surface area (Å²) in [5, 5.41) is 0. The van der Waals surface area contributed by atoms with Crippen molar-refractivity contribution >= 4 is 12.6 Å². The van der Waals surface area contributed by atoms with E-state index in [0.717, 1.165) is 0 Å². The van der Waals surface area contributed by atoms with Crippen LogP contribution in [0.15, 0.2) is 18.2 Å². The third-order valence-electron chi connectivity index (χ3n) is 1.46. The highest BCUT2D eigenvalue weighted by Gasteiger charge is 2.01. The van der Waals surface area contributed by atoms with E-state index < -0.39 is 0 Å². The minimum Gasteiger partial charge on any atom is -0.489 e. The number of benzene rings is 1. The van der Waals surface area contributed by atoms with Crippen LogP contribution >= 0.6 is 0 Å². The van der Waals surface area contributed by atoms with Crippen molar-refractivity contribution in [2.45, 2.75) is 0 Å². The summed E-state index contributed by atoms with van der Waals surface area (Å²) in [7, 11) is 3.17. The van der Waals surface area contributed by atoms with Crippen molar-refractivity contribution in [2.75, 3.05) is 0 Å². The lowest BCUT2D eigenvalue weighted by molar-refractivity contribution is 0.111. The minimum absolute atomic E-state index is 0.314. The molecule has 0 bridgehead atoms. The molecular weight excluding hydrogens is 156 g/mol. The summed E-state index contributed by atoms with van der Waals surface area (Å²) in [5.41, 5.74) is 0.842. The Hall–Kier alpha value is -1.64. The number of carbonyl (C=O) groups excluding carboxylic acids is 2. The Balaban J connectivity index is 3.18. The van der Waals surface area contributed by atoms with Crippen LogP contribution in [-0.4, -0.2) is 12.6 Å². The van der Waals surface area contributed by atoms with Crippen LogP contribution < -0.4 is 4.74 Å². The lowest BCUT2D eigenvalue weighted by Crippen LogP contribution is -1.90. The summed E-state index contributed by atoms with van der Waals surface area (Å²) < 4.78 is 4.64. The molecule has 0 unspecified atom stereocenters.